The first-order chi connectivity index (χ1) is 11.1. The minimum atomic E-state index is -1.06. The molecule has 124 valence electrons. The van der Waals surface area contributed by atoms with Crippen molar-refractivity contribution in [2.45, 2.75) is 37.8 Å². The Labute approximate surface area is 135 Å². The number of methoxy groups -OCH3 is 1. The van der Waals surface area contributed by atoms with Crippen LogP contribution in [0.2, 0.25) is 0 Å². The summed E-state index contributed by atoms with van der Waals surface area (Å²) in [6.07, 6.45) is 2.66. The lowest BCUT2D eigenvalue weighted by Gasteiger charge is -2.31. The molecule has 0 aromatic heterocycles. The van der Waals surface area contributed by atoms with Crippen LogP contribution >= 0.6 is 0 Å². The number of esters is 1. The maximum Gasteiger partial charge on any atom is 0.408 e. The summed E-state index contributed by atoms with van der Waals surface area (Å²) < 4.78 is 4.78. The normalized spacial score (nSPS) is 24.0. The van der Waals surface area contributed by atoms with Gasteiger partial charge in [-0.15, -0.1) is 0 Å². The zero-order chi connectivity index (χ0) is 16.4. The molecular weight excluding hydrogens is 296 g/mol. The molecule has 0 saturated carbocycles. The van der Waals surface area contributed by atoms with Crippen LogP contribution in [-0.2, 0) is 16.0 Å². The summed E-state index contributed by atoms with van der Waals surface area (Å²) in [4.78, 5) is 26.9. The molecule has 6 heteroatoms. The smallest absolute Gasteiger partial charge is 0.408 e. The Morgan fingerprint density at radius 3 is 2.78 bits per heavy atom. The minimum Gasteiger partial charge on any atom is -0.467 e. The van der Waals surface area contributed by atoms with Crippen molar-refractivity contribution < 1.29 is 19.4 Å². The van der Waals surface area contributed by atoms with Gasteiger partial charge in [-0.1, -0.05) is 18.2 Å². The molecule has 1 fully saturated rings. The number of anilines is 1. The monoisotopic (exact) mass is 318 g/mol. The Bertz CT molecular complexity index is 604. The molecule has 2 atom stereocenters. The first kappa shape index (κ1) is 15.6. The topological polar surface area (TPSA) is 70.1 Å². The van der Waals surface area contributed by atoms with Gasteiger partial charge >= 0.3 is 12.1 Å². The van der Waals surface area contributed by atoms with Gasteiger partial charge in [0, 0.05) is 31.2 Å². The molecule has 2 heterocycles. The number of nitrogens with zero attached hydrogens (tertiary/aromatic N) is 2. The Kier molecular flexibility index (Phi) is 4.41. The molecule has 0 aliphatic carbocycles. The van der Waals surface area contributed by atoms with Gasteiger partial charge in [-0.2, -0.15) is 0 Å². The summed E-state index contributed by atoms with van der Waals surface area (Å²) in [6.45, 7) is 1.23. The number of fused-ring (bicyclic) bond motifs is 1. The van der Waals surface area contributed by atoms with Gasteiger partial charge in [0.25, 0.3) is 0 Å². The van der Waals surface area contributed by atoms with Crippen LogP contribution in [0, 0.1) is 0 Å². The number of benzene rings is 1. The molecule has 1 N–H and O–H groups in total. The fourth-order valence-electron chi connectivity index (χ4n) is 3.71. The van der Waals surface area contributed by atoms with Gasteiger partial charge in [0.2, 0.25) is 0 Å². The van der Waals surface area contributed by atoms with E-state index < -0.39 is 18.1 Å². The lowest BCUT2D eigenvalue weighted by Crippen LogP contribution is -2.41. The molecule has 1 aromatic rings. The fraction of sp³-hybridized carbons (Fsp3) is 0.529. The zero-order valence-corrected chi connectivity index (χ0v) is 13.3. The van der Waals surface area contributed by atoms with E-state index in [-0.39, 0.29) is 6.04 Å². The second kappa shape index (κ2) is 6.48. The summed E-state index contributed by atoms with van der Waals surface area (Å²) in [7, 11) is 1.30. The third-order valence-corrected chi connectivity index (χ3v) is 4.83. The average Bonchev–Trinajstić information content (AvgIpc) is 2.89. The van der Waals surface area contributed by atoms with Gasteiger partial charge in [0.05, 0.1) is 7.11 Å². The van der Waals surface area contributed by atoms with Crippen LogP contribution in [0.3, 0.4) is 0 Å². The zero-order valence-electron chi connectivity index (χ0n) is 13.3. The number of aryl methyl sites for hydroxylation is 1. The molecule has 2 unspecified atom stereocenters. The van der Waals surface area contributed by atoms with Crippen molar-refractivity contribution in [3.63, 3.8) is 0 Å². The number of hydrogen-bond donors (Lipinski definition) is 1. The highest BCUT2D eigenvalue weighted by Gasteiger charge is 2.43. The van der Waals surface area contributed by atoms with Gasteiger partial charge in [0.15, 0.2) is 0 Å². The van der Waals surface area contributed by atoms with E-state index in [4.69, 9.17) is 4.74 Å². The van der Waals surface area contributed by atoms with E-state index in [1.54, 1.807) is 0 Å². The van der Waals surface area contributed by atoms with E-state index in [9.17, 15) is 14.7 Å². The quantitative estimate of drug-likeness (QED) is 0.846. The van der Waals surface area contributed by atoms with Crippen LogP contribution in [-0.4, -0.2) is 54.4 Å². The van der Waals surface area contributed by atoms with Crippen molar-refractivity contribution in [3.8, 4) is 0 Å². The van der Waals surface area contributed by atoms with E-state index in [1.807, 2.05) is 12.1 Å². The van der Waals surface area contributed by atoms with Crippen LogP contribution in [0.1, 0.15) is 24.8 Å². The molecule has 1 aromatic carbocycles. The minimum absolute atomic E-state index is 0.00875. The lowest BCUT2D eigenvalue weighted by molar-refractivity contribution is -0.145. The van der Waals surface area contributed by atoms with Crippen LogP contribution < -0.4 is 4.90 Å². The van der Waals surface area contributed by atoms with Gasteiger partial charge < -0.3 is 14.7 Å². The van der Waals surface area contributed by atoms with Crippen LogP contribution in [0.5, 0.6) is 0 Å². The number of hydrogen-bond acceptors (Lipinski definition) is 4. The molecule has 1 amide bonds. The Hall–Kier alpha value is -2.24. The Morgan fingerprint density at radius 2 is 2.04 bits per heavy atom. The highest BCUT2D eigenvalue weighted by Crippen LogP contribution is 2.32. The summed E-state index contributed by atoms with van der Waals surface area (Å²) in [5.74, 6) is -0.474. The maximum absolute atomic E-state index is 11.9. The number of likely N-dealkylation sites (tertiary alicyclic amines) is 1. The number of rotatable bonds is 2. The average molecular weight is 318 g/mol. The molecule has 23 heavy (non-hydrogen) atoms. The van der Waals surface area contributed by atoms with E-state index in [2.05, 4.69) is 17.0 Å². The number of ether oxygens (including phenoxy) is 1. The van der Waals surface area contributed by atoms with Crippen molar-refractivity contribution in [1.29, 1.82) is 0 Å². The van der Waals surface area contributed by atoms with Crippen LogP contribution in [0.15, 0.2) is 24.3 Å². The first-order valence-electron chi connectivity index (χ1n) is 8.03. The molecule has 3 rings (SSSR count). The van der Waals surface area contributed by atoms with Crippen molar-refractivity contribution in [3.05, 3.63) is 29.8 Å². The van der Waals surface area contributed by atoms with E-state index >= 15 is 0 Å². The van der Waals surface area contributed by atoms with E-state index in [0.717, 1.165) is 25.8 Å². The maximum atomic E-state index is 11.9. The second-order valence-corrected chi connectivity index (χ2v) is 6.14. The van der Waals surface area contributed by atoms with Gasteiger partial charge in [-0.25, -0.2) is 9.59 Å². The largest absolute Gasteiger partial charge is 0.467 e. The molecule has 2 aliphatic rings. The lowest BCUT2D eigenvalue weighted by atomic mass is 10.1. The SMILES string of the molecule is COC(=O)C1CC(N2CCCCc3ccccc32)CN1C(=O)O. The third-order valence-electron chi connectivity index (χ3n) is 4.83. The van der Waals surface area contributed by atoms with Crippen molar-refractivity contribution in [2.75, 3.05) is 25.1 Å². The number of carboxylic acid groups (broad SMARTS) is 1. The van der Waals surface area contributed by atoms with Crippen molar-refractivity contribution in [2.24, 2.45) is 0 Å². The Morgan fingerprint density at radius 1 is 1.26 bits per heavy atom. The van der Waals surface area contributed by atoms with Gasteiger partial charge in [-0.3, -0.25) is 4.90 Å². The van der Waals surface area contributed by atoms with Crippen LogP contribution in [0.25, 0.3) is 0 Å². The second-order valence-electron chi connectivity index (χ2n) is 6.14. The van der Waals surface area contributed by atoms with E-state index in [1.165, 1.54) is 23.3 Å². The highest BCUT2D eigenvalue weighted by atomic mass is 16.5. The first-order valence-corrected chi connectivity index (χ1v) is 8.03. The molecule has 0 radical (unpaired) electrons. The summed E-state index contributed by atoms with van der Waals surface area (Å²) in [5, 5.41) is 9.39. The predicted octanol–water partition coefficient (Wildman–Crippen LogP) is 2.12. The van der Waals surface area contributed by atoms with Crippen molar-refractivity contribution in [1.82, 2.24) is 4.90 Å². The number of carbonyl (C=O) groups excluding carboxylic acids is 1. The molecule has 6 nitrogen and oxygen atoms in total. The summed E-state index contributed by atoms with van der Waals surface area (Å²) >= 11 is 0. The Balaban J connectivity index is 1.87. The molecule has 0 spiro atoms. The molecule has 0 bridgehead atoms. The highest BCUT2D eigenvalue weighted by molar-refractivity contribution is 5.82. The molecule has 2 aliphatic heterocycles. The van der Waals surface area contributed by atoms with Crippen molar-refractivity contribution >= 4 is 17.7 Å². The number of amides is 1. The molecule has 1 saturated heterocycles. The fourth-order valence-corrected chi connectivity index (χ4v) is 3.71. The van der Waals surface area contributed by atoms with E-state index in [0.29, 0.717) is 13.0 Å². The summed E-state index contributed by atoms with van der Waals surface area (Å²) in [5.41, 5.74) is 2.47. The number of carbonyl (C=O) groups is 2. The number of para-hydroxylation sites is 1. The molecular formula is C17H22N2O4. The van der Waals surface area contributed by atoms with Crippen LogP contribution in [0.4, 0.5) is 10.5 Å². The standard InChI is InChI=1S/C17H22N2O4/c1-23-16(20)15-10-13(11-19(15)17(21)22)18-9-5-4-7-12-6-2-3-8-14(12)18/h2-3,6,8,13,15H,4-5,7,9-11H2,1H3,(H,21,22). The third kappa shape index (κ3) is 2.98. The van der Waals surface area contributed by atoms with Gasteiger partial charge in [0.1, 0.15) is 6.04 Å². The predicted molar refractivity (Wildman–Crippen MR) is 85.7 cm³/mol. The van der Waals surface area contributed by atoms with Gasteiger partial charge in [-0.05, 0) is 30.9 Å². The summed E-state index contributed by atoms with van der Waals surface area (Å²) in [6, 6.07) is 7.58.